The van der Waals surface area contributed by atoms with Crippen LogP contribution in [0.5, 0.6) is 0 Å². The number of anilines is 1. The third-order valence-electron chi connectivity index (χ3n) is 3.11. The average Bonchev–Trinajstić information content (AvgIpc) is 2.17. The lowest BCUT2D eigenvalue weighted by Gasteiger charge is -2.16. The van der Waals surface area contributed by atoms with Crippen LogP contribution in [0.15, 0.2) is 0 Å². The third kappa shape index (κ3) is 2.52. The Morgan fingerprint density at radius 2 is 1.69 bits per heavy atom. The predicted octanol–water partition coefficient (Wildman–Crippen LogP) is 3.39. The molecule has 16 heavy (non-hydrogen) atoms. The van der Waals surface area contributed by atoms with E-state index in [2.05, 4.69) is 37.7 Å². The number of nitrogens with two attached hydrogens (primary N) is 1. The molecule has 0 saturated carbocycles. The smallest absolute Gasteiger partial charge is 0.134 e. The van der Waals surface area contributed by atoms with E-state index in [1.54, 1.807) is 0 Å². The van der Waals surface area contributed by atoms with Crippen molar-refractivity contribution in [1.82, 2.24) is 9.97 Å². The Kier molecular flexibility index (Phi) is 4.27. The molecule has 3 heteroatoms. The van der Waals surface area contributed by atoms with Crippen molar-refractivity contribution in [2.75, 3.05) is 5.73 Å². The minimum absolute atomic E-state index is 0.385. The zero-order chi connectivity index (χ0) is 12.3. The monoisotopic (exact) mass is 221 g/mol. The lowest BCUT2D eigenvalue weighted by molar-refractivity contribution is 0.597. The second-order valence-corrected chi connectivity index (χ2v) is 4.63. The molecule has 0 fully saturated rings. The Hall–Kier alpha value is -1.12. The van der Waals surface area contributed by atoms with Crippen molar-refractivity contribution in [3.8, 4) is 0 Å². The highest BCUT2D eigenvalue weighted by Gasteiger charge is 2.16. The fourth-order valence-corrected chi connectivity index (χ4v) is 2.18. The largest absolute Gasteiger partial charge is 0.383 e. The maximum atomic E-state index is 6.02. The molecule has 0 amide bonds. The van der Waals surface area contributed by atoms with Crippen LogP contribution in [0.1, 0.15) is 69.5 Å². The summed E-state index contributed by atoms with van der Waals surface area (Å²) in [7, 11) is 0. The van der Waals surface area contributed by atoms with Gasteiger partial charge in [-0.3, -0.25) is 0 Å². The molecule has 3 nitrogen and oxygen atoms in total. The maximum absolute atomic E-state index is 6.02. The predicted molar refractivity (Wildman–Crippen MR) is 68.6 cm³/mol. The quantitative estimate of drug-likeness (QED) is 0.847. The molecule has 2 N–H and O–H groups in total. The van der Waals surface area contributed by atoms with Gasteiger partial charge in [0, 0.05) is 17.2 Å². The second-order valence-electron chi connectivity index (χ2n) is 4.63. The lowest BCUT2D eigenvalue weighted by atomic mass is 9.99. The van der Waals surface area contributed by atoms with Gasteiger partial charge in [0.1, 0.15) is 11.6 Å². The summed E-state index contributed by atoms with van der Waals surface area (Å²) in [6, 6.07) is 0. The molecule has 0 aliphatic rings. The van der Waals surface area contributed by atoms with Gasteiger partial charge in [0.2, 0.25) is 0 Å². The first-order valence-corrected chi connectivity index (χ1v) is 6.15. The van der Waals surface area contributed by atoms with E-state index in [1.165, 1.54) is 0 Å². The van der Waals surface area contributed by atoms with E-state index >= 15 is 0 Å². The Balaban J connectivity index is 3.18. The minimum atomic E-state index is 0.385. The number of aryl methyl sites for hydroxylation is 1. The minimum Gasteiger partial charge on any atom is -0.383 e. The molecule has 0 unspecified atom stereocenters. The van der Waals surface area contributed by atoms with Gasteiger partial charge < -0.3 is 5.73 Å². The van der Waals surface area contributed by atoms with E-state index < -0.39 is 0 Å². The molecule has 0 saturated heterocycles. The van der Waals surface area contributed by atoms with Crippen LogP contribution in [-0.2, 0) is 0 Å². The molecule has 0 spiro atoms. The van der Waals surface area contributed by atoms with E-state index in [0.717, 1.165) is 29.9 Å². The molecule has 0 aromatic carbocycles. The summed E-state index contributed by atoms with van der Waals surface area (Å²) in [5, 5.41) is 0. The number of hydrogen-bond acceptors (Lipinski definition) is 3. The maximum Gasteiger partial charge on any atom is 0.134 e. The van der Waals surface area contributed by atoms with Gasteiger partial charge in [-0.05, 0) is 25.7 Å². The highest BCUT2D eigenvalue weighted by molar-refractivity contribution is 5.44. The van der Waals surface area contributed by atoms with Crippen molar-refractivity contribution < 1.29 is 0 Å². The Bertz CT molecular complexity index is 331. The first-order valence-electron chi connectivity index (χ1n) is 6.15. The first kappa shape index (κ1) is 12.9. The van der Waals surface area contributed by atoms with Gasteiger partial charge >= 0.3 is 0 Å². The molecular formula is C13H23N3. The van der Waals surface area contributed by atoms with Gasteiger partial charge in [-0.15, -0.1) is 0 Å². The summed E-state index contributed by atoms with van der Waals surface area (Å²) in [5.41, 5.74) is 8.14. The van der Waals surface area contributed by atoms with Crippen molar-refractivity contribution in [1.29, 1.82) is 0 Å². The van der Waals surface area contributed by atoms with Crippen LogP contribution >= 0.6 is 0 Å². The number of rotatable bonds is 4. The van der Waals surface area contributed by atoms with Gasteiger partial charge in [0.15, 0.2) is 0 Å². The number of hydrogen-bond donors (Lipinski definition) is 1. The summed E-state index contributed by atoms with van der Waals surface area (Å²) < 4.78 is 0. The molecule has 0 bridgehead atoms. The van der Waals surface area contributed by atoms with Crippen LogP contribution in [0.4, 0.5) is 5.82 Å². The Labute approximate surface area is 98.5 Å². The molecule has 0 atom stereocenters. The molecule has 90 valence electrons. The second kappa shape index (κ2) is 5.28. The van der Waals surface area contributed by atoms with E-state index in [0.29, 0.717) is 17.7 Å². The summed E-state index contributed by atoms with van der Waals surface area (Å²) >= 11 is 0. The normalized spacial score (nSPS) is 11.4. The number of aromatic nitrogens is 2. The van der Waals surface area contributed by atoms with Crippen LogP contribution in [0.25, 0.3) is 0 Å². The van der Waals surface area contributed by atoms with E-state index in [9.17, 15) is 0 Å². The lowest BCUT2D eigenvalue weighted by Crippen LogP contribution is -2.11. The number of nitrogen functional groups attached to an aromatic ring is 1. The van der Waals surface area contributed by atoms with Gasteiger partial charge in [-0.2, -0.15) is 0 Å². The zero-order valence-corrected chi connectivity index (χ0v) is 11.0. The molecule has 1 aromatic heterocycles. The summed E-state index contributed by atoms with van der Waals surface area (Å²) in [5.74, 6) is 2.38. The fourth-order valence-electron chi connectivity index (χ4n) is 2.18. The fraction of sp³-hybridized carbons (Fsp3) is 0.692. The van der Waals surface area contributed by atoms with Crippen molar-refractivity contribution in [3.05, 3.63) is 17.1 Å². The van der Waals surface area contributed by atoms with Crippen LogP contribution in [0, 0.1) is 6.92 Å². The van der Waals surface area contributed by atoms with Crippen molar-refractivity contribution in [3.63, 3.8) is 0 Å². The summed E-state index contributed by atoms with van der Waals surface area (Å²) in [6.07, 6.45) is 2.13. The van der Waals surface area contributed by atoms with Crippen molar-refractivity contribution >= 4 is 5.82 Å². The van der Waals surface area contributed by atoms with Crippen LogP contribution in [0.2, 0.25) is 0 Å². The van der Waals surface area contributed by atoms with E-state index in [1.807, 2.05) is 6.92 Å². The molecule has 0 aliphatic carbocycles. The highest BCUT2D eigenvalue weighted by atomic mass is 15.0. The Morgan fingerprint density at radius 3 is 2.06 bits per heavy atom. The van der Waals surface area contributed by atoms with Crippen LogP contribution in [-0.4, -0.2) is 9.97 Å². The van der Waals surface area contributed by atoms with Crippen LogP contribution in [0.3, 0.4) is 0 Å². The Morgan fingerprint density at radius 1 is 1.12 bits per heavy atom. The number of nitrogens with zero attached hydrogens (tertiary/aromatic N) is 2. The molecule has 1 aromatic rings. The molecule has 1 heterocycles. The van der Waals surface area contributed by atoms with Gasteiger partial charge in [-0.1, -0.05) is 27.7 Å². The van der Waals surface area contributed by atoms with Crippen molar-refractivity contribution in [2.45, 2.75) is 59.3 Å². The topological polar surface area (TPSA) is 51.8 Å². The third-order valence-corrected chi connectivity index (χ3v) is 3.11. The molecule has 0 aliphatic heterocycles. The van der Waals surface area contributed by atoms with E-state index in [-0.39, 0.29) is 0 Å². The van der Waals surface area contributed by atoms with E-state index in [4.69, 9.17) is 5.73 Å². The van der Waals surface area contributed by atoms with Crippen molar-refractivity contribution in [2.24, 2.45) is 0 Å². The zero-order valence-electron chi connectivity index (χ0n) is 11.0. The molecule has 1 rings (SSSR count). The summed E-state index contributed by atoms with van der Waals surface area (Å²) in [4.78, 5) is 9.07. The first-order chi connectivity index (χ1) is 7.51. The van der Waals surface area contributed by atoms with Gasteiger partial charge in [0.25, 0.3) is 0 Å². The molecule has 0 radical (unpaired) electrons. The SMILES string of the molecule is CCC(CC)c1nc(C)c(C(C)C)c(N)n1. The van der Waals surface area contributed by atoms with Crippen LogP contribution < -0.4 is 5.73 Å². The van der Waals surface area contributed by atoms with Gasteiger partial charge in [0.05, 0.1) is 0 Å². The molecular weight excluding hydrogens is 198 g/mol. The average molecular weight is 221 g/mol. The van der Waals surface area contributed by atoms with Gasteiger partial charge in [-0.25, -0.2) is 9.97 Å². The highest BCUT2D eigenvalue weighted by Crippen LogP contribution is 2.26. The standard InChI is InChI=1S/C13H23N3/c1-6-10(7-2)13-15-9(5)11(8(3)4)12(14)16-13/h8,10H,6-7H2,1-5H3,(H2,14,15,16). The summed E-state index contributed by atoms with van der Waals surface area (Å²) in [6.45, 7) is 10.6.